The van der Waals surface area contributed by atoms with Crippen molar-refractivity contribution in [2.24, 2.45) is 0 Å². The second-order valence-electron chi connectivity index (χ2n) is 6.10. The number of hydrogen-bond acceptors (Lipinski definition) is 1. The molecule has 0 heterocycles. The molecule has 25 heavy (non-hydrogen) atoms. The molecule has 118 valence electrons. The quantitative estimate of drug-likeness (QED) is 0.324. The lowest BCUT2D eigenvalue weighted by Crippen LogP contribution is -1.87. The van der Waals surface area contributed by atoms with Crippen LogP contribution in [0, 0.1) is 11.3 Å². The van der Waals surface area contributed by atoms with Crippen LogP contribution in [0.2, 0.25) is 0 Å². The number of fused-ring (bicyclic) bond motifs is 2. The van der Waals surface area contributed by atoms with Gasteiger partial charge >= 0.3 is 0 Å². The summed E-state index contributed by atoms with van der Waals surface area (Å²) < 4.78 is 0. The normalized spacial score (nSPS) is 11.2. The summed E-state index contributed by atoms with van der Waals surface area (Å²) >= 11 is 0. The first-order valence-electron chi connectivity index (χ1n) is 8.40. The van der Waals surface area contributed by atoms with Crippen molar-refractivity contribution in [3.63, 3.8) is 0 Å². The predicted octanol–water partition coefficient (Wildman–Crippen LogP) is 6.23. The maximum Gasteiger partial charge on any atom is 0.0669 e. The van der Waals surface area contributed by atoms with E-state index in [4.69, 9.17) is 5.26 Å². The average Bonchev–Trinajstić information content (AvgIpc) is 2.66. The molecule has 0 bridgehead atoms. The van der Waals surface area contributed by atoms with E-state index in [0.29, 0.717) is 6.42 Å². The minimum atomic E-state index is 0.427. The number of rotatable bonds is 3. The molecule has 0 amide bonds. The van der Waals surface area contributed by atoms with Gasteiger partial charge in [0.1, 0.15) is 0 Å². The smallest absolute Gasteiger partial charge is 0.0669 e. The fraction of sp³-hybridized carbons (Fsp3) is 0.0417. The van der Waals surface area contributed by atoms with E-state index in [1.807, 2.05) is 18.2 Å². The Labute approximate surface area is 147 Å². The topological polar surface area (TPSA) is 23.8 Å². The molecule has 0 N–H and O–H groups in total. The van der Waals surface area contributed by atoms with E-state index in [0.717, 1.165) is 11.1 Å². The summed E-state index contributed by atoms with van der Waals surface area (Å²) in [6, 6.07) is 29.5. The van der Waals surface area contributed by atoms with Gasteiger partial charge in [-0.2, -0.15) is 5.26 Å². The molecule has 0 aliphatic carbocycles. The van der Waals surface area contributed by atoms with Gasteiger partial charge in [0.15, 0.2) is 0 Å². The number of nitrogens with zero attached hydrogens (tertiary/aromatic N) is 1. The van der Waals surface area contributed by atoms with Gasteiger partial charge in [-0.3, -0.25) is 0 Å². The van der Waals surface area contributed by atoms with Crippen LogP contribution in [0.3, 0.4) is 0 Å². The Morgan fingerprint density at radius 2 is 1.32 bits per heavy atom. The molecular formula is C24H17N. The van der Waals surface area contributed by atoms with Crippen molar-refractivity contribution in [3.8, 4) is 6.07 Å². The molecule has 4 aromatic carbocycles. The maximum atomic E-state index is 9.04. The summed E-state index contributed by atoms with van der Waals surface area (Å²) in [5.74, 6) is 0. The van der Waals surface area contributed by atoms with E-state index < -0.39 is 0 Å². The molecule has 0 radical (unpaired) electrons. The van der Waals surface area contributed by atoms with Gasteiger partial charge < -0.3 is 0 Å². The van der Waals surface area contributed by atoms with Crippen molar-refractivity contribution < 1.29 is 0 Å². The monoisotopic (exact) mass is 319 g/mol. The summed E-state index contributed by atoms with van der Waals surface area (Å²) in [5.41, 5.74) is 3.38. The number of hydrogen-bond donors (Lipinski definition) is 0. The first kappa shape index (κ1) is 15.2. The molecule has 0 fully saturated rings. The molecule has 0 aliphatic rings. The van der Waals surface area contributed by atoms with Crippen molar-refractivity contribution >= 4 is 33.7 Å². The first-order chi connectivity index (χ1) is 12.4. The van der Waals surface area contributed by atoms with Gasteiger partial charge in [-0.25, -0.2) is 0 Å². The van der Waals surface area contributed by atoms with Gasteiger partial charge in [0.25, 0.3) is 0 Å². The van der Waals surface area contributed by atoms with Crippen LogP contribution >= 0.6 is 0 Å². The molecule has 1 nitrogen and oxygen atoms in total. The fourth-order valence-electron chi connectivity index (χ4n) is 3.34. The summed E-state index contributed by atoms with van der Waals surface area (Å²) in [6.45, 7) is 0. The van der Waals surface area contributed by atoms with E-state index in [1.54, 1.807) is 0 Å². The van der Waals surface area contributed by atoms with E-state index in [-0.39, 0.29) is 0 Å². The SMILES string of the molecule is N#CCc1ccccc1/C=C/c1c2ccccc2cc2ccccc12. The van der Waals surface area contributed by atoms with Crippen LogP contribution in [0.4, 0.5) is 0 Å². The summed E-state index contributed by atoms with van der Waals surface area (Å²) in [5, 5.41) is 14.0. The van der Waals surface area contributed by atoms with Gasteiger partial charge in [-0.15, -0.1) is 0 Å². The summed E-state index contributed by atoms with van der Waals surface area (Å²) in [7, 11) is 0. The third-order valence-corrected chi connectivity index (χ3v) is 4.57. The van der Waals surface area contributed by atoms with Crippen LogP contribution in [0.15, 0.2) is 78.9 Å². The molecule has 4 aromatic rings. The lowest BCUT2D eigenvalue weighted by atomic mass is 9.95. The third kappa shape index (κ3) is 2.91. The van der Waals surface area contributed by atoms with Crippen molar-refractivity contribution in [1.29, 1.82) is 5.26 Å². The Morgan fingerprint density at radius 1 is 0.720 bits per heavy atom. The minimum Gasteiger partial charge on any atom is -0.198 e. The van der Waals surface area contributed by atoms with Crippen LogP contribution in [-0.2, 0) is 6.42 Å². The lowest BCUT2D eigenvalue weighted by Gasteiger charge is -2.09. The highest BCUT2D eigenvalue weighted by molar-refractivity contribution is 6.07. The van der Waals surface area contributed by atoms with Crippen molar-refractivity contribution in [3.05, 3.63) is 95.6 Å². The maximum absolute atomic E-state index is 9.04. The molecule has 0 saturated heterocycles. The Morgan fingerprint density at radius 3 is 2.00 bits per heavy atom. The van der Waals surface area contributed by atoms with Gasteiger partial charge in [0, 0.05) is 0 Å². The molecule has 0 spiro atoms. The van der Waals surface area contributed by atoms with Crippen LogP contribution in [0.5, 0.6) is 0 Å². The third-order valence-electron chi connectivity index (χ3n) is 4.57. The molecule has 0 atom stereocenters. The zero-order valence-electron chi connectivity index (χ0n) is 13.8. The van der Waals surface area contributed by atoms with Crippen molar-refractivity contribution in [1.82, 2.24) is 0 Å². The van der Waals surface area contributed by atoms with E-state index >= 15 is 0 Å². The molecule has 1 heteroatoms. The Kier molecular flexibility index (Phi) is 4.02. The van der Waals surface area contributed by atoms with Crippen LogP contribution < -0.4 is 0 Å². The van der Waals surface area contributed by atoms with Crippen LogP contribution in [0.25, 0.3) is 33.7 Å². The minimum absolute atomic E-state index is 0.427. The van der Waals surface area contributed by atoms with Crippen molar-refractivity contribution in [2.75, 3.05) is 0 Å². The molecule has 0 aromatic heterocycles. The van der Waals surface area contributed by atoms with Crippen LogP contribution in [-0.4, -0.2) is 0 Å². The molecule has 0 unspecified atom stereocenters. The van der Waals surface area contributed by atoms with Gasteiger partial charge in [0.05, 0.1) is 12.5 Å². The zero-order valence-corrected chi connectivity index (χ0v) is 13.8. The van der Waals surface area contributed by atoms with Gasteiger partial charge in [0.2, 0.25) is 0 Å². The Bertz CT molecular complexity index is 1080. The predicted molar refractivity (Wildman–Crippen MR) is 106 cm³/mol. The number of benzene rings is 4. The summed E-state index contributed by atoms with van der Waals surface area (Å²) in [6.07, 6.45) is 4.73. The molecule has 4 rings (SSSR count). The fourth-order valence-corrected chi connectivity index (χ4v) is 3.34. The Hall–Kier alpha value is -3.37. The Balaban J connectivity index is 1.92. The van der Waals surface area contributed by atoms with Crippen molar-refractivity contribution in [2.45, 2.75) is 6.42 Å². The highest BCUT2D eigenvalue weighted by Gasteiger charge is 2.05. The zero-order chi connectivity index (χ0) is 17.1. The molecule has 0 aliphatic heterocycles. The van der Waals surface area contributed by atoms with E-state index in [2.05, 4.69) is 78.9 Å². The van der Waals surface area contributed by atoms with Gasteiger partial charge in [-0.05, 0) is 44.3 Å². The van der Waals surface area contributed by atoms with E-state index in [9.17, 15) is 0 Å². The van der Waals surface area contributed by atoms with Gasteiger partial charge in [-0.1, -0.05) is 84.9 Å². The number of nitriles is 1. The second-order valence-corrected chi connectivity index (χ2v) is 6.10. The van der Waals surface area contributed by atoms with E-state index in [1.165, 1.54) is 27.1 Å². The lowest BCUT2D eigenvalue weighted by molar-refractivity contribution is 1.25. The highest BCUT2D eigenvalue weighted by Crippen LogP contribution is 2.30. The highest BCUT2D eigenvalue weighted by atomic mass is 14.2. The molecular weight excluding hydrogens is 302 g/mol. The second kappa shape index (κ2) is 6.63. The first-order valence-corrected chi connectivity index (χ1v) is 8.40. The standard InChI is InChI=1S/C24H17N/c25-16-15-19-8-2-1-7-18(19)13-14-24-22-11-5-3-9-20(22)17-21-10-4-6-12-23(21)24/h1-14,17H,15H2/b14-13+. The summed E-state index contributed by atoms with van der Waals surface area (Å²) in [4.78, 5) is 0. The van der Waals surface area contributed by atoms with Crippen LogP contribution in [0.1, 0.15) is 16.7 Å². The largest absolute Gasteiger partial charge is 0.198 e. The molecule has 0 saturated carbocycles. The average molecular weight is 319 g/mol.